The van der Waals surface area contributed by atoms with Crippen LogP contribution in [0.15, 0.2) is 66.7 Å². The van der Waals surface area contributed by atoms with E-state index in [4.69, 9.17) is 27.9 Å². The first kappa shape index (κ1) is 27.4. The van der Waals surface area contributed by atoms with Gasteiger partial charge in [-0.1, -0.05) is 53.5 Å². The number of hydrogen-bond donors (Lipinski definition) is 2. The molecule has 3 aromatic carbocycles. The summed E-state index contributed by atoms with van der Waals surface area (Å²) < 4.78 is 5.12. The third-order valence-corrected chi connectivity index (χ3v) is 6.71. The third-order valence-electron chi connectivity index (χ3n) is 6.08. The average molecular weight is 528 g/mol. The van der Waals surface area contributed by atoms with E-state index in [-0.39, 0.29) is 5.91 Å². The molecule has 1 aliphatic heterocycles. The number of halogens is 2. The third kappa shape index (κ3) is 7.90. The number of amides is 2. The van der Waals surface area contributed by atoms with E-state index in [1.807, 2.05) is 47.4 Å². The van der Waals surface area contributed by atoms with Crippen LogP contribution in [-0.4, -0.2) is 44.5 Å². The van der Waals surface area contributed by atoms with E-state index in [0.717, 1.165) is 55.0 Å². The number of nitrogens with one attached hydrogen (secondary N) is 2. The first-order valence-corrected chi connectivity index (χ1v) is 12.5. The zero-order valence-electron chi connectivity index (χ0n) is 20.5. The Labute approximate surface area is 222 Å². The predicted molar refractivity (Wildman–Crippen MR) is 147 cm³/mol. The van der Waals surface area contributed by atoms with Crippen LogP contribution in [0.2, 0.25) is 10.0 Å². The number of hydrogen-bond acceptors (Lipinski definition) is 4. The predicted octanol–water partition coefficient (Wildman–Crippen LogP) is 6.25. The highest BCUT2D eigenvalue weighted by atomic mass is 35.5. The molecule has 1 fully saturated rings. The lowest BCUT2D eigenvalue weighted by Gasteiger charge is -2.29. The number of para-hydroxylation sites is 1. The molecule has 2 N–H and O–H groups in total. The summed E-state index contributed by atoms with van der Waals surface area (Å²) in [6, 6.07) is 20.9. The lowest BCUT2D eigenvalue weighted by Crippen LogP contribution is -2.31. The minimum absolute atomic E-state index is 0.0396. The summed E-state index contributed by atoms with van der Waals surface area (Å²) in [6.45, 7) is 1.63. The molecule has 0 saturated carbocycles. The summed E-state index contributed by atoms with van der Waals surface area (Å²) >= 11 is 11.6. The van der Waals surface area contributed by atoms with E-state index in [2.05, 4.69) is 22.8 Å². The van der Waals surface area contributed by atoms with Crippen LogP contribution in [0.3, 0.4) is 0 Å². The van der Waals surface area contributed by atoms with Gasteiger partial charge < -0.3 is 20.3 Å². The Morgan fingerprint density at radius 1 is 1.00 bits per heavy atom. The summed E-state index contributed by atoms with van der Waals surface area (Å²) in [5.41, 5.74) is 3.80. The number of benzene rings is 3. The van der Waals surface area contributed by atoms with Gasteiger partial charge in [0.15, 0.2) is 0 Å². The second-order valence-electron chi connectivity index (χ2n) is 8.46. The standard InChI is InChI=1S/C21H24N2O3.C7H7Cl2N/c1-26-20-8-2-16(3-9-20)14-21(25)22-19-6-4-17(5-7-19)18-10-12-23(15-24)13-11-18;1-10-7-5(8)3-2-4-6(7)9/h2-9,15,18H,10-14H2,1H3,(H,22,25);2-4,10H,1H3. The number of carbonyl (C=O) groups is 2. The second-order valence-corrected chi connectivity index (χ2v) is 9.27. The van der Waals surface area contributed by atoms with Gasteiger partial charge in [0.1, 0.15) is 5.75 Å². The first-order valence-electron chi connectivity index (χ1n) is 11.8. The van der Waals surface area contributed by atoms with Crippen LogP contribution in [0.1, 0.15) is 29.9 Å². The van der Waals surface area contributed by atoms with Gasteiger partial charge in [-0.3, -0.25) is 9.59 Å². The number of methoxy groups -OCH3 is 1. The molecule has 1 heterocycles. The molecule has 0 aromatic heterocycles. The molecule has 0 bridgehead atoms. The fourth-order valence-electron chi connectivity index (χ4n) is 4.05. The van der Waals surface area contributed by atoms with Crippen molar-refractivity contribution >= 4 is 46.9 Å². The number of ether oxygens (including phenoxy) is 1. The number of carbonyl (C=O) groups excluding carboxylic acids is 2. The lowest BCUT2D eigenvalue weighted by molar-refractivity contribution is -0.119. The monoisotopic (exact) mass is 527 g/mol. The molecule has 2 amide bonds. The van der Waals surface area contributed by atoms with Gasteiger partial charge in [-0.2, -0.15) is 0 Å². The van der Waals surface area contributed by atoms with Crippen LogP contribution in [0, 0.1) is 0 Å². The van der Waals surface area contributed by atoms with E-state index in [9.17, 15) is 9.59 Å². The van der Waals surface area contributed by atoms with Gasteiger partial charge in [-0.15, -0.1) is 0 Å². The van der Waals surface area contributed by atoms with Crippen LogP contribution < -0.4 is 15.4 Å². The Morgan fingerprint density at radius 2 is 1.61 bits per heavy atom. The highest BCUT2D eigenvalue weighted by Crippen LogP contribution is 2.29. The van der Waals surface area contributed by atoms with E-state index in [1.54, 1.807) is 26.3 Å². The van der Waals surface area contributed by atoms with Crippen molar-refractivity contribution in [2.45, 2.75) is 25.2 Å². The Hall–Kier alpha value is -3.22. The maximum atomic E-state index is 12.2. The Morgan fingerprint density at radius 3 is 2.11 bits per heavy atom. The van der Waals surface area contributed by atoms with Gasteiger partial charge in [-0.25, -0.2) is 0 Å². The van der Waals surface area contributed by atoms with Crippen molar-refractivity contribution in [3.05, 3.63) is 87.9 Å². The molecule has 3 aromatic rings. The summed E-state index contributed by atoms with van der Waals surface area (Å²) in [5.74, 6) is 1.22. The Bertz CT molecular complexity index is 1110. The maximum Gasteiger partial charge on any atom is 0.228 e. The molecule has 0 atom stereocenters. The van der Waals surface area contributed by atoms with Gasteiger partial charge in [0.25, 0.3) is 0 Å². The average Bonchev–Trinajstić information content (AvgIpc) is 2.90. The van der Waals surface area contributed by atoms with E-state index in [1.165, 1.54) is 5.56 Å². The first-order chi connectivity index (χ1) is 17.4. The molecule has 36 heavy (non-hydrogen) atoms. The topological polar surface area (TPSA) is 70.7 Å². The van der Waals surface area contributed by atoms with Gasteiger partial charge in [0.2, 0.25) is 12.3 Å². The lowest BCUT2D eigenvalue weighted by atomic mass is 9.89. The van der Waals surface area contributed by atoms with Gasteiger partial charge in [-0.05, 0) is 66.3 Å². The summed E-state index contributed by atoms with van der Waals surface area (Å²) in [7, 11) is 3.41. The van der Waals surface area contributed by atoms with Gasteiger partial charge >= 0.3 is 0 Å². The number of nitrogens with zero attached hydrogens (tertiary/aromatic N) is 1. The number of rotatable bonds is 7. The fourth-order valence-corrected chi connectivity index (χ4v) is 4.63. The quantitative estimate of drug-likeness (QED) is 0.356. The van der Waals surface area contributed by atoms with Crippen LogP contribution in [0.4, 0.5) is 11.4 Å². The van der Waals surface area contributed by atoms with Crippen molar-refractivity contribution < 1.29 is 14.3 Å². The SMILES string of the molecule is CNc1c(Cl)cccc1Cl.COc1ccc(CC(=O)Nc2ccc(C3CCN(C=O)CC3)cc2)cc1. The number of anilines is 2. The van der Waals surface area contributed by atoms with Gasteiger partial charge in [0.05, 0.1) is 29.3 Å². The molecule has 8 heteroatoms. The Kier molecular flexibility index (Phi) is 10.5. The maximum absolute atomic E-state index is 12.2. The molecule has 6 nitrogen and oxygen atoms in total. The van der Waals surface area contributed by atoms with Crippen molar-refractivity contribution in [2.75, 3.05) is 37.9 Å². The molecule has 1 aliphatic rings. The molecule has 0 radical (unpaired) electrons. The molecule has 0 spiro atoms. The smallest absolute Gasteiger partial charge is 0.228 e. The van der Waals surface area contributed by atoms with Crippen molar-refractivity contribution in [3.8, 4) is 5.75 Å². The van der Waals surface area contributed by atoms with Crippen LogP contribution in [0.25, 0.3) is 0 Å². The highest BCUT2D eigenvalue weighted by Gasteiger charge is 2.19. The van der Waals surface area contributed by atoms with Gasteiger partial charge in [0, 0.05) is 25.8 Å². The van der Waals surface area contributed by atoms with Crippen molar-refractivity contribution in [1.29, 1.82) is 0 Å². The highest BCUT2D eigenvalue weighted by molar-refractivity contribution is 6.39. The minimum atomic E-state index is -0.0396. The van der Waals surface area contributed by atoms with Crippen LogP contribution in [0.5, 0.6) is 5.75 Å². The molecule has 4 rings (SSSR count). The van der Waals surface area contributed by atoms with E-state index in [0.29, 0.717) is 22.4 Å². The fraction of sp³-hybridized carbons (Fsp3) is 0.286. The van der Waals surface area contributed by atoms with Crippen molar-refractivity contribution in [3.63, 3.8) is 0 Å². The molecular weight excluding hydrogens is 497 g/mol. The molecule has 0 aliphatic carbocycles. The number of piperidine rings is 1. The number of likely N-dealkylation sites (tertiary alicyclic amines) is 1. The molecule has 1 saturated heterocycles. The summed E-state index contributed by atoms with van der Waals surface area (Å²) in [4.78, 5) is 24.8. The Balaban J connectivity index is 0.000000303. The van der Waals surface area contributed by atoms with E-state index < -0.39 is 0 Å². The largest absolute Gasteiger partial charge is 0.497 e. The molecule has 0 unspecified atom stereocenters. The normalized spacial score (nSPS) is 13.3. The summed E-state index contributed by atoms with van der Waals surface area (Å²) in [6.07, 6.45) is 3.23. The zero-order chi connectivity index (χ0) is 25.9. The van der Waals surface area contributed by atoms with E-state index >= 15 is 0 Å². The minimum Gasteiger partial charge on any atom is -0.497 e. The summed E-state index contributed by atoms with van der Waals surface area (Å²) in [5, 5.41) is 7.14. The molecular formula is C28H31Cl2N3O3. The van der Waals surface area contributed by atoms with Crippen LogP contribution >= 0.6 is 23.2 Å². The zero-order valence-corrected chi connectivity index (χ0v) is 22.0. The van der Waals surface area contributed by atoms with Crippen molar-refractivity contribution in [2.24, 2.45) is 0 Å². The van der Waals surface area contributed by atoms with Crippen molar-refractivity contribution in [1.82, 2.24) is 4.90 Å². The second kappa shape index (κ2) is 13.8. The van der Waals surface area contributed by atoms with Crippen LogP contribution in [-0.2, 0) is 16.0 Å². The molecule has 190 valence electrons.